The Hall–Kier alpha value is -2.22. The lowest BCUT2D eigenvalue weighted by molar-refractivity contribution is -0.0142. The highest BCUT2D eigenvalue weighted by Crippen LogP contribution is 2.45. The van der Waals surface area contributed by atoms with Crippen LogP contribution in [0.5, 0.6) is 0 Å². The minimum Gasteiger partial charge on any atom is -0.361 e. The van der Waals surface area contributed by atoms with Gasteiger partial charge in [-0.3, -0.25) is 0 Å². The van der Waals surface area contributed by atoms with Crippen molar-refractivity contribution >= 4 is 0 Å². The lowest BCUT2D eigenvalue weighted by atomic mass is 9.81. The summed E-state index contributed by atoms with van der Waals surface area (Å²) in [7, 11) is 2.10. The van der Waals surface area contributed by atoms with Gasteiger partial charge in [0.05, 0.1) is 18.2 Å². The maximum absolute atomic E-state index is 13.4. The highest BCUT2D eigenvalue weighted by Gasteiger charge is 2.41. The summed E-state index contributed by atoms with van der Waals surface area (Å²) < 4.78 is 19.7. The first kappa shape index (κ1) is 17.6. The molecule has 0 radical (unpaired) electrons. The van der Waals surface area contributed by atoms with Crippen molar-refractivity contribution in [2.24, 2.45) is 0 Å². The fourth-order valence-electron chi connectivity index (χ4n) is 3.52. The van der Waals surface area contributed by atoms with Crippen LogP contribution in [0.4, 0.5) is 4.39 Å². The molecule has 1 heterocycles. The van der Waals surface area contributed by atoms with Crippen molar-refractivity contribution in [2.45, 2.75) is 32.0 Å². The van der Waals surface area contributed by atoms with Crippen molar-refractivity contribution in [3.63, 3.8) is 0 Å². The quantitative estimate of drug-likeness (QED) is 0.792. The van der Waals surface area contributed by atoms with Crippen LogP contribution in [0.15, 0.2) is 42.5 Å². The van der Waals surface area contributed by atoms with Crippen LogP contribution in [0.1, 0.15) is 42.0 Å². The Bertz CT molecular complexity index is 781. The predicted octanol–water partition coefficient (Wildman–Crippen LogP) is 4.20. The van der Waals surface area contributed by atoms with Crippen LogP contribution in [0.2, 0.25) is 0 Å². The molecule has 25 heavy (non-hydrogen) atoms. The summed E-state index contributed by atoms with van der Waals surface area (Å²) in [5.41, 5.74) is 3.19. The zero-order chi connectivity index (χ0) is 17.9. The van der Waals surface area contributed by atoms with E-state index in [1.807, 2.05) is 30.3 Å². The molecule has 2 aromatic rings. The number of ether oxygens (including phenoxy) is 1. The van der Waals surface area contributed by atoms with Gasteiger partial charge in [0, 0.05) is 0 Å². The van der Waals surface area contributed by atoms with E-state index in [9.17, 15) is 4.39 Å². The molecule has 0 amide bonds. The number of hydrogen-bond donors (Lipinski definition) is 0. The average molecular weight is 338 g/mol. The van der Waals surface area contributed by atoms with Crippen LogP contribution >= 0.6 is 0 Å². The first-order chi connectivity index (χ1) is 12.1. The van der Waals surface area contributed by atoms with Crippen LogP contribution in [0.25, 0.3) is 0 Å². The summed E-state index contributed by atoms with van der Waals surface area (Å²) >= 11 is 0. The Labute approximate surface area is 148 Å². The van der Waals surface area contributed by atoms with Crippen LogP contribution in [0.3, 0.4) is 0 Å². The van der Waals surface area contributed by atoms with E-state index in [0.717, 1.165) is 42.6 Å². The molecule has 0 aromatic heterocycles. The first-order valence-electron chi connectivity index (χ1n) is 8.71. The minimum absolute atomic E-state index is 0.248. The number of hydrogen-bond acceptors (Lipinski definition) is 3. The van der Waals surface area contributed by atoms with Gasteiger partial charge in [-0.25, -0.2) is 4.39 Å². The van der Waals surface area contributed by atoms with Crippen molar-refractivity contribution in [3.05, 3.63) is 70.5 Å². The molecule has 0 fully saturated rings. The van der Waals surface area contributed by atoms with Crippen molar-refractivity contribution in [3.8, 4) is 6.07 Å². The van der Waals surface area contributed by atoms with Crippen molar-refractivity contribution < 1.29 is 9.13 Å². The first-order valence-corrected chi connectivity index (χ1v) is 8.71. The zero-order valence-electron chi connectivity index (χ0n) is 14.8. The van der Waals surface area contributed by atoms with Gasteiger partial charge in [-0.15, -0.1) is 0 Å². The Morgan fingerprint density at radius 2 is 2.00 bits per heavy atom. The zero-order valence-corrected chi connectivity index (χ0v) is 14.8. The van der Waals surface area contributed by atoms with E-state index in [1.54, 1.807) is 0 Å². The van der Waals surface area contributed by atoms with Gasteiger partial charge in [-0.1, -0.05) is 25.1 Å². The van der Waals surface area contributed by atoms with Gasteiger partial charge in [-0.05, 0) is 73.9 Å². The molecule has 1 aliphatic rings. The van der Waals surface area contributed by atoms with Crippen molar-refractivity contribution in [2.75, 3.05) is 20.1 Å². The summed E-state index contributed by atoms with van der Waals surface area (Å²) in [4.78, 5) is 2.27. The maximum Gasteiger partial charge on any atom is 0.123 e. The molecule has 0 spiro atoms. The molecule has 0 N–H and O–H groups in total. The Morgan fingerprint density at radius 1 is 1.24 bits per heavy atom. The molecule has 3 rings (SSSR count). The van der Waals surface area contributed by atoms with E-state index in [0.29, 0.717) is 12.2 Å². The fourth-order valence-corrected chi connectivity index (χ4v) is 3.52. The van der Waals surface area contributed by atoms with E-state index < -0.39 is 5.60 Å². The summed E-state index contributed by atoms with van der Waals surface area (Å²) in [6.07, 6.45) is 1.79. The Balaban J connectivity index is 1.97. The number of nitrogens with zero attached hydrogens (tertiary/aromatic N) is 2. The molecular weight excluding hydrogens is 315 g/mol. The van der Waals surface area contributed by atoms with Gasteiger partial charge in [-0.2, -0.15) is 5.26 Å². The van der Waals surface area contributed by atoms with Crippen LogP contribution < -0.4 is 0 Å². The SMILES string of the molecule is CCN(C)CCC[C@@]1(c2ccc(F)cc2)OCc2cc(C#N)ccc21. The highest BCUT2D eigenvalue weighted by atomic mass is 19.1. The number of halogens is 1. The lowest BCUT2D eigenvalue weighted by Gasteiger charge is -2.31. The van der Waals surface area contributed by atoms with Gasteiger partial charge in [0.1, 0.15) is 11.4 Å². The molecule has 1 atom stereocenters. The maximum atomic E-state index is 13.4. The van der Waals surface area contributed by atoms with Crippen molar-refractivity contribution in [1.29, 1.82) is 5.26 Å². The summed E-state index contributed by atoms with van der Waals surface area (Å²) in [5, 5.41) is 9.14. The number of nitriles is 1. The number of rotatable bonds is 6. The second-order valence-electron chi connectivity index (χ2n) is 6.61. The van der Waals surface area contributed by atoms with Crippen molar-refractivity contribution in [1.82, 2.24) is 4.90 Å². The monoisotopic (exact) mass is 338 g/mol. The standard InChI is InChI=1S/C21H23FN2O/c1-3-24(2)12-4-11-21(18-6-8-19(22)9-7-18)20-10-5-16(14-23)13-17(20)15-25-21/h5-10,13H,3-4,11-12,15H2,1-2H3/t21-/m0/s1. The molecule has 2 aromatic carbocycles. The third kappa shape index (κ3) is 3.44. The predicted molar refractivity (Wildman–Crippen MR) is 95.5 cm³/mol. The van der Waals surface area contributed by atoms with Crippen LogP contribution in [-0.2, 0) is 16.9 Å². The summed E-state index contributed by atoms with van der Waals surface area (Å²) in [6, 6.07) is 14.5. The normalized spacial score (nSPS) is 19.0. The minimum atomic E-state index is -0.564. The topological polar surface area (TPSA) is 36.3 Å². The second-order valence-corrected chi connectivity index (χ2v) is 6.61. The lowest BCUT2D eigenvalue weighted by Crippen LogP contribution is -2.29. The largest absolute Gasteiger partial charge is 0.361 e. The van der Waals surface area contributed by atoms with E-state index in [4.69, 9.17) is 10.00 Å². The molecule has 0 unspecified atom stereocenters. The van der Waals surface area contributed by atoms with Crippen LogP contribution in [-0.4, -0.2) is 25.0 Å². The second kappa shape index (κ2) is 7.35. The fraction of sp³-hybridized carbons (Fsp3) is 0.381. The summed E-state index contributed by atoms with van der Waals surface area (Å²) in [5.74, 6) is -0.248. The molecule has 0 bridgehead atoms. The third-order valence-corrected chi connectivity index (χ3v) is 5.06. The molecule has 1 aliphatic heterocycles. The molecule has 3 nitrogen and oxygen atoms in total. The highest BCUT2D eigenvalue weighted by molar-refractivity contribution is 5.47. The molecule has 0 saturated heterocycles. The van der Waals surface area contributed by atoms with Gasteiger partial charge >= 0.3 is 0 Å². The third-order valence-electron chi connectivity index (χ3n) is 5.06. The van der Waals surface area contributed by atoms with Gasteiger partial charge in [0.15, 0.2) is 0 Å². The number of benzene rings is 2. The van der Waals surface area contributed by atoms with Gasteiger partial charge in [0.25, 0.3) is 0 Å². The molecule has 4 heteroatoms. The number of fused-ring (bicyclic) bond motifs is 1. The Kier molecular flexibility index (Phi) is 5.17. The Morgan fingerprint density at radius 3 is 2.68 bits per heavy atom. The van der Waals surface area contributed by atoms with E-state index in [2.05, 4.69) is 24.9 Å². The molecular formula is C21H23FN2O. The van der Waals surface area contributed by atoms with Crippen LogP contribution in [0, 0.1) is 17.1 Å². The average Bonchev–Trinajstić information content (AvgIpc) is 3.01. The summed E-state index contributed by atoms with van der Waals surface area (Å²) in [6.45, 7) is 4.60. The van der Waals surface area contributed by atoms with E-state index in [1.165, 1.54) is 12.1 Å². The smallest absolute Gasteiger partial charge is 0.123 e. The van der Waals surface area contributed by atoms with E-state index in [-0.39, 0.29) is 5.82 Å². The van der Waals surface area contributed by atoms with E-state index >= 15 is 0 Å². The van der Waals surface area contributed by atoms with Gasteiger partial charge < -0.3 is 9.64 Å². The van der Waals surface area contributed by atoms with Gasteiger partial charge in [0.2, 0.25) is 0 Å². The molecule has 0 aliphatic carbocycles. The molecule has 130 valence electrons. The molecule has 0 saturated carbocycles.